The molecule has 1 rings (SSSR count). The SMILES string of the molecule is CC(C)OC(=O)/C(=C/C(=O)O)CCN1CCOCC1. The first-order valence-corrected chi connectivity index (χ1v) is 6.43. The fourth-order valence-electron chi connectivity index (χ4n) is 1.78. The first-order valence-electron chi connectivity index (χ1n) is 6.43. The van der Waals surface area contributed by atoms with Gasteiger partial charge in [0.25, 0.3) is 0 Å². The third-order valence-corrected chi connectivity index (χ3v) is 2.70. The highest BCUT2D eigenvalue weighted by Gasteiger charge is 2.17. The number of ether oxygens (including phenoxy) is 2. The van der Waals surface area contributed by atoms with Crippen molar-refractivity contribution in [2.45, 2.75) is 26.4 Å². The van der Waals surface area contributed by atoms with E-state index < -0.39 is 11.9 Å². The number of carboxylic acid groups (broad SMARTS) is 1. The predicted molar refractivity (Wildman–Crippen MR) is 68.8 cm³/mol. The van der Waals surface area contributed by atoms with E-state index in [0.29, 0.717) is 26.2 Å². The zero-order valence-corrected chi connectivity index (χ0v) is 11.4. The summed E-state index contributed by atoms with van der Waals surface area (Å²) in [7, 11) is 0. The van der Waals surface area contributed by atoms with Crippen molar-refractivity contribution in [2.24, 2.45) is 0 Å². The van der Waals surface area contributed by atoms with Gasteiger partial charge in [-0.1, -0.05) is 0 Å². The van der Waals surface area contributed by atoms with Crippen LogP contribution in [0.1, 0.15) is 20.3 Å². The van der Waals surface area contributed by atoms with Crippen LogP contribution in [0.4, 0.5) is 0 Å². The lowest BCUT2D eigenvalue weighted by atomic mass is 10.1. The Labute approximate surface area is 113 Å². The molecule has 0 spiro atoms. The second-order valence-corrected chi connectivity index (χ2v) is 4.67. The van der Waals surface area contributed by atoms with Gasteiger partial charge in [0.05, 0.1) is 19.3 Å². The number of esters is 1. The van der Waals surface area contributed by atoms with Gasteiger partial charge < -0.3 is 14.6 Å². The van der Waals surface area contributed by atoms with Gasteiger partial charge in [0, 0.05) is 31.3 Å². The van der Waals surface area contributed by atoms with E-state index in [1.807, 2.05) is 0 Å². The molecule has 1 saturated heterocycles. The van der Waals surface area contributed by atoms with Gasteiger partial charge in [-0.3, -0.25) is 4.90 Å². The van der Waals surface area contributed by atoms with Crippen molar-refractivity contribution in [2.75, 3.05) is 32.8 Å². The number of morpholine rings is 1. The van der Waals surface area contributed by atoms with Crippen LogP contribution in [0.25, 0.3) is 0 Å². The maximum Gasteiger partial charge on any atom is 0.334 e. The number of nitrogens with zero attached hydrogens (tertiary/aromatic N) is 1. The molecule has 0 unspecified atom stereocenters. The van der Waals surface area contributed by atoms with Gasteiger partial charge in [-0.2, -0.15) is 0 Å². The summed E-state index contributed by atoms with van der Waals surface area (Å²) in [5.74, 6) is -1.68. The summed E-state index contributed by atoms with van der Waals surface area (Å²) in [4.78, 5) is 24.6. The van der Waals surface area contributed by atoms with Gasteiger partial charge in [0.2, 0.25) is 0 Å². The van der Waals surface area contributed by atoms with Crippen LogP contribution < -0.4 is 0 Å². The van der Waals surface area contributed by atoms with Crippen LogP contribution in [0, 0.1) is 0 Å². The summed E-state index contributed by atoms with van der Waals surface area (Å²) in [6.45, 7) is 7.06. The topological polar surface area (TPSA) is 76.1 Å². The van der Waals surface area contributed by atoms with E-state index in [4.69, 9.17) is 14.6 Å². The molecule has 1 fully saturated rings. The molecule has 0 aromatic rings. The molecule has 1 N–H and O–H groups in total. The number of carboxylic acids is 1. The summed E-state index contributed by atoms with van der Waals surface area (Å²) in [5, 5.41) is 8.79. The maximum absolute atomic E-state index is 11.8. The average Bonchev–Trinajstić information content (AvgIpc) is 2.34. The van der Waals surface area contributed by atoms with Crippen molar-refractivity contribution in [1.29, 1.82) is 0 Å². The van der Waals surface area contributed by atoms with E-state index in [-0.39, 0.29) is 11.7 Å². The Bertz CT molecular complexity index is 345. The number of carbonyl (C=O) groups is 2. The van der Waals surface area contributed by atoms with Crippen LogP contribution in [-0.2, 0) is 19.1 Å². The third kappa shape index (κ3) is 6.35. The Balaban J connectivity index is 2.54. The fraction of sp³-hybridized carbons (Fsp3) is 0.692. The maximum atomic E-state index is 11.8. The van der Waals surface area contributed by atoms with Crippen LogP contribution in [0.15, 0.2) is 11.6 Å². The van der Waals surface area contributed by atoms with Crippen LogP contribution in [0.2, 0.25) is 0 Å². The highest BCUT2D eigenvalue weighted by Crippen LogP contribution is 2.09. The van der Waals surface area contributed by atoms with Gasteiger partial charge in [-0.25, -0.2) is 9.59 Å². The first-order chi connectivity index (χ1) is 8.99. The molecule has 0 aliphatic carbocycles. The second kappa shape index (κ2) is 7.91. The minimum Gasteiger partial charge on any atom is -0.478 e. The van der Waals surface area contributed by atoms with Crippen molar-refractivity contribution < 1.29 is 24.2 Å². The number of hydrogen-bond donors (Lipinski definition) is 1. The lowest BCUT2D eigenvalue weighted by Gasteiger charge is -2.26. The monoisotopic (exact) mass is 271 g/mol. The molecular weight excluding hydrogens is 250 g/mol. The van der Waals surface area contributed by atoms with E-state index in [2.05, 4.69) is 4.90 Å². The Morgan fingerprint density at radius 2 is 2.00 bits per heavy atom. The first kappa shape index (κ1) is 15.7. The molecule has 6 nitrogen and oxygen atoms in total. The molecule has 1 aliphatic rings. The van der Waals surface area contributed by atoms with Crippen LogP contribution in [0.3, 0.4) is 0 Å². The quantitative estimate of drug-likeness (QED) is 0.565. The number of carbonyl (C=O) groups excluding carboxylic acids is 1. The predicted octanol–water partition coefficient (Wildman–Crippen LogP) is 0.671. The molecule has 0 radical (unpaired) electrons. The summed E-state index contributed by atoms with van der Waals surface area (Å²) in [5.41, 5.74) is 0.202. The average molecular weight is 271 g/mol. The Morgan fingerprint density at radius 1 is 1.37 bits per heavy atom. The van der Waals surface area contributed by atoms with E-state index in [1.54, 1.807) is 13.8 Å². The lowest BCUT2D eigenvalue weighted by molar-refractivity contribution is -0.143. The smallest absolute Gasteiger partial charge is 0.334 e. The molecule has 1 aliphatic heterocycles. The van der Waals surface area contributed by atoms with Crippen molar-refractivity contribution in [1.82, 2.24) is 4.90 Å². The summed E-state index contributed by atoms with van der Waals surface area (Å²) in [6.07, 6.45) is 1.05. The van der Waals surface area contributed by atoms with Gasteiger partial charge in [-0.05, 0) is 20.3 Å². The molecule has 0 saturated carbocycles. The largest absolute Gasteiger partial charge is 0.478 e. The Morgan fingerprint density at radius 3 is 2.53 bits per heavy atom. The third-order valence-electron chi connectivity index (χ3n) is 2.70. The van der Waals surface area contributed by atoms with Gasteiger partial charge in [0.1, 0.15) is 0 Å². The summed E-state index contributed by atoms with van der Waals surface area (Å²) < 4.78 is 10.3. The molecule has 108 valence electrons. The molecule has 0 aromatic carbocycles. The minimum atomic E-state index is -1.13. The lowest BCUT2D eigenvalue weighted by Crippen LogP contribution is -2.37. The van der Waals surface area contributed by atoms with E-state index >= 15 is 0 Å². The second-order valence-electron chi connectivity index (χ2n) is 4.67. The summed E-state index contributed by atoms with van der Waals surface area (Å²) in [6, 6.07) is 0. The standard InChI is InChI=1S/C13H21NO5/c1-10(2)19-13(17)11(9-12(15)16)3-4-14-5-7-18-8-6-14/h9-10H,3-8H2,1-2H3,(H,15,16)/b11-9+. The van der Waals surface area contributed by atoms with Crippen molar-refractivity contribution in [3.63, 3.8) is 0 Å². The molecule has 1 heterocycles. The van der Waals surface area contributed by atoms with Gasteiger partial charge in [0.15, 0.2) is 0 Å². The molecular formula is C13H21NO5. The van der Waals surface area contributed by atoms with E-state index in [1.165, 1.54) is 0 Å². The van der Waals surface area contributed by atoms with Gasteiger partial charge in [-0.15, -0.1) is 0 Å². The van der Waals surface area contributed by atoms with E-state index in [9.17, 15) is 9.59 Å². The van der Waals surface area contributed by atoms with Crippen LogP contribution in [-0.4, -0.2) is 60.9 Å². The highest BCUT2D eigenvalue weighted by atomic mass is 16.5. The normalized spacial score (nSPS) is 17.5. The summed E-state index contributed by atoms with van der Waals surface area (Å²) >= 11 is 0. The molecule has 0 atom stereocenters. The molecule has 0 bridgehead atoms. The highest BCUT2D eigenvalue weighted by molar-refractivity contribution is 5.95. The van der Waals surface area contributed by atoms with Gasteiger partial charge >= 0.3 is 11.9 Å². The number of aliphatic carboxylic acids is 1. The Kier molecular flexibility index (Phi) is 6.52. The fourth-order valence-corrected chi connectivity index (χ4v) is 1.78. The van der Waals surface area contributed by atoms with Crippen molar-refractivity contribution in [3.8, 4) is 0 Å². The molecule has 0 amide bonds. The van der Waals surface area contributed by atoms with Crippen molar-refractivity contribution in [3.05, 3.63) is 11.6 Å². The molecule has 19 heavy (non-hydrogen) atoms. The zero-order chi connectivity index (χ0) is 14.3. The molecule has 6 heteroatoms. The minimum absolute atomic E-state index is 0.202. The van der Waals surface area contributed by atoms with Crippen LogP contribution in [0.5, 0.6) is 0 Å². The Hall–Kier alpha value is -1.40. The number of rotatable bonds is 6. The van der Waals surface area contributed by atoms with Crippen LogP contribution >= 0.6 is 0 Å². The number of hydrogen-bond acceptors (Lipinski definition) is 5. The van der Waals surface area contributed by atoms with E-state index in [0.717, 1.165) is 19.2 Å². The van der Waals surface area contributed by atoms with Crippen molar-refractivity contribution >= 4 is 11.9 Å². The zero-order valence-electron chi connectivity index (χ0n) is 11.4. The molecule has 0 aromatic heterocycles.